The zero-order valence-corrected chi connectivity index (χ0v) is 31.6. The van der Waals surface area contributed by atoms with Crippen molar-refractivity contribution in [1.82, 2.24) is 49.8 Å². The van der Waals surface area contributed by atoms with Crippen LogP contribution < -0.4 is 0 Å². The third kappa shape index (κ3) is 5.65. The van der Waals surface area contributed by atoms with E-state index in [4.69, 9.17) is 29.9 Å². The van der Waals surface area contributed by atoms with E-state index < -0.39 is 0 Å². The second-order valence-electron chi connectivity index (χ2n) is 14.6. The lowest BCUT2D eigenvalue weighted by Gasteiger charge is -2.16. The maximum absolute atomic E-state index is 5.15. The molecule has 0 aliphatic rings. The molecular weight excluding hydrogens is 741 g/mol. The highest BCUT2D eigenvalue weighted by Crippen LogP contribution is 2.42. The van der Waals surface area contributed by atoms with Gasteiger partial charge >= 0.3 is 0 Å². The van der Waals surface area contributed by atoms with Crippen molar-refractivity contribution < 1.29 is 0 Å². The van der Waals surface area contributed by atoms with Gasteiger partial charge in [-0.2, -0.15) is 0 Å². The first-order valence-electron chi connectivity index (χ1n) is 19.4. The summed E-state index contributed by atoms with van der Waals surface area (Å²) in [5, 5.41) is 8.48. The molecule has 0 amide bonds. The van der Waals surface area contributed by atoms with Crippen LogP contribution in [0.1, 0.15) is 0 Å². The van der Waals surface area contributed by atoms with E-state index in [1.165, 1.54) is 0 Å². The SMILES string of the molecule is c1cncc(-c2nc(-c3ccc4ncccc4c3)nc(-c3ccc4ccc5c(-c6nc(-c7cccnc7)nc(-c7ccc8ncccc8c7)n6)ccc6ccc3c4c65)n2)c1. The molecule has 0 N–H and O–H groups in total. The van der Waals surface area contributed by atoms with Crippen LogP contribution in [0, 0.1) is 0 Å². The second kappa shape index (κ2) is 13.6. The van der Waals surface area contributed by atoms with Gasteiger partial charge in [0.2, 0.25) is 0 Å². The van der Waals surface area contributed by atoms with Gasteiger partial charge in [0.15, 0.2) is 34.9 Å². The fourth-order valence-electron chi connectivity index (χ4n) is 8.12. The maximum atomic E-state index is 5.15. The Kier molecular flexibility index (Phi) is 7.60. The molecule has 278 valence electrons. The van der Waals surface area contributed by atoms with Crippen LogP contribution >= 0.6 is 0 Å². The minimum atomic E-state index is 0.542. The molecule has 0 radical (unpaired) electrons. The number of rotatable bonds is 6. The van der Waals surface area contributed by atoms with Gasteiger partial charge < -0.3 is 0 Å². The third-order valence-electron chi connectivity index (χ3n) is 11.0. The molecule has 6 aromatic carbocycles. The lowest BCUT2D eigenvalue weighted by Crippen LogP contribution is -2.02. The first-order valence-corrected chi connectivity index (χ1v) is 19.4. The first kappa shape index (κ1) is 33.6. The normalized spacial score (nSPS) is 11.7. The molecule has 12 aromatic rings. The van der Waals surface area contributed by atoms with Gasteiger partial charge in [-0.25, -0.2) is 29.9 Å². The minimum Gasteiger partial charge on any atom is -0.264 e. The van der Waals surface area contributed by atoms with Crippen molar-refractivity contribution in [2.75, 3.05) is 0 Å². The number of nitrogens with zero attached hydrogens (tertiary/aromatic N) is 10. The van der Waals surface area contributed by atoms with Crippen LogP contribution in [0.4, 0.5) is 0 Å². The van der Waals surface area contributed by atoms with Gasteiger partial charge in [0.1, 0.15) is 0 Å². The Hall–Kier alpha value is -8.50. The average molecular weight is 769 g/mol. The first-order chi connectivity index (χ1) is 29.7. The van der Waals surface area contributed by atoms with Crippen molar-refractivity contribution in [1.29, 1.82) is 0 Å². The van der Waals surface area contributed by atoms with E-state index in [1.807, 2.05) is 72.8 Å². The topological polar surface area (TPSA) is 129 Å². The summed E-state index contributed by atoms with van der Waals surface area (Å²) in [5.41, 5.74) is 6.94. The van der Waals surface area contributed by atoms with Crippen molar-refractivity contribution >= 4 is 54.1 Å². The fraction of sp³-hybridized carbons (Fsp3) is 0. The molecule has 6 aromatic heterocycles. The summed E-state index contributed by atoms with van der Waals surface area (Å²) in [4.78, 5) is 48.2. The largest absolute Gasteiger partial charge is 0.264 e. The maximum Gasteiger partial charge on any atom is 0.165 e. The van der Waals surface area contributed by atoms with E-state index >= 15 is 0 Å². The number of hydrogen-bond acceptors (Lipinski definition) is 10. The van der Waals surface area contributed by atoms with Crippen molar-refractivity contribution in [3.63, 3.8) is 0 Å². The Balaban J connectivity index is 1.06. The van der Waals surface area contributed by atoms with Crippen LogP contribution in [-0.4, -0.2) is 49.8 Å². The highest BCUT2D eigenvalue weighted by molar-refractivity contribution is 6.27. The Morgan fingerprint density at radius 3 is 1.17 bits per heavy atom. The van der Waals surface area contributed by atoms with E-state index in [-0.39, 0.29) is 0 Å². The van der Waals surface area contributed by atoms with Crippen LogP contribution in [-0.2, 0) is 0 Å². The van der Waals surface area contributed by atoms with Crippen LogP contribution in [0.15, 0.2) is 171 Å². The van der Waals surface area contributed by atoms with Gasteiger partial charge in [-0.15, -0.1) is 0 Å². The van der Waals surface area contributed by atoms with Gasteiger partial charge in [-0.1, -0.05) is 48.5 Å². The van der Waals surface area contributed by atoms with Crippen molar-refractivity contribution in [3.05, 3.63) is 171 Å². The Bertz CT molecular complexity index is 3380. The van der Waals surface area contributed by atoms with Gasteiger partial charge in [0.05, 0.1) is 11.0 Å². The predicted molar refractivity (Wildman–Crippen MR) is 236 cm³/mol. The highest BCUT2D eigenvalue weighted by Gasteiger charge is 2.21. The molecule has 0 saturated carbocycles. The molecular formula is C50H28N10. The summed E-state index contributed by atoms with van der Waals surface area (Å²) in [7, 11) is 0. The summed E-state index contributed by atoms with van der Waals surface area (Å²) in [5.74, 6) is 3.35. The molecule has 10 heteroatoms. The smallest absolute Gasteiger partial charge is 0.165 e. The Morgan fingerprint density at radius 2 is 0.717 bits per heavy atom. The molecule has 6 heterocycles. The summed E-state index contributed by atoms with van der Waals surface area (Å²) >= 11 is 0. The zero-order chi connectivity index (χ0) is 39.6. The van der Waals surface area contributed by atoms with E-state index in [0.717, 1.165) is 87.5 Å². The number of hydrogen-bond donors (Lipinski definition) is 0. The van der Waals surface area contributed by atoms with Crippen LogP contribution in [0.5, 0.6) is 0 Å². The third-order valence-corrected chi connectivity index (χ3v) is 11.0. The number of fused-ring (bicyclic) bond motifs is 2. The van der Waals surface area contributed by atoms with Crippen LogP contribution in [0.3, 0.4) is 0 Å². The molecule has 12 rings (SSSR count). The van der Waals surface area contributed by atoms with Crippen molar-refractivity contribution in [3.8, 4) is 68.3 Å². The van der Waals surface area contributed by atoms with Crippen molar-refractivity contribution in [2.24, 2.45) is 0 Å². The summed E-state index contributed by atoms with van der Waals surface area (Å²) in [6.07, 6.45) is 10.6. The Labute approximate surface area is 341 Å². The molecule has 0 unspecified atom stereocenters. The summed E-state index contributed by atoms with van der Waals surface area (Å²) in [6.45, 7) is 0. The van der Waals surface area contributed by atoms with Gasteiger partial charge in [0, 0.05) is 81.3 Å². The van der Waals surface area contributed by atoms with Crippen molar-refractivity contribution in [2.45, 2.75) is 0 Å². The molecule has 0 fully saturated rings. The van der Waals surface area contributed by atoms with Crippen LogP contribution in [0.2, 0.25) is 0 Å². The predicted octanol–water partition coefficient (Wildman–Crippen LogP) is 10.8. The van der Waals surface area contributed by atoms with E-state index in [0.29, 0.717) is 34.9 Å². The quantitative estimate of drug-likeness (QED) is 0.151. The van der Waals surface area contributed by atoms with Gasteiger partial charge in [-0.3, -0.25) is 19.9 Å². The lowest BCUT2D eigenvalue weighted by molar-refractivity contribution is 1.07. The zero-order valence-electron chi connectivity index (χ0n) is 31.6. The minimum absolute atomic E-state index is 0.542. The number of aromatic nitrogens is 10. The number of pyridine rings is 4. The molecule has 0 aliphatic carbocycles. The fourth-order valence-corrected chi connectivity index (χ4v) is 8.12. The lowest BCUT2D eigenvalue weighted by atomic mass is 9.89. The molecule has 0 bridgehead atoms. The second-order valence-corrected chi connectivity index (χ2v) is 14.6. The van der Waals surface area contributed by atoms with E-state index in [1.54, 1.807) is 37.2 Å². The summed E-state index contributed by atoms with van der Waals surface area (Å²) in [6, 6.07) is 45.0. The van der Waals surface area contributed by atoms with Gasteiger partial charge in [0.25, 0.3) is 0 Å². The summed E-state index contributed by atoms with van der Waals surface area (Å²) < 4.78 is 0. The van der Waals surface area contributed by atoms with E-state index in [2.05, 4.69) is 80.6 Å². The molecule has 0 aliphatic heterocycles. The number of benzene rings is 6. The van der Waals surface area contributed by atoms with Gasteiger partial charge in [-0.05, 0) is 117 Å². The molecule has 10 nitrogen and oxygen atoms in total. The molecule has 0 saturated heterocycles. The molecule has 60 heavy (non-hydrogen) atoms. The van der Waals surface area contributed by atoms with Crippen LogP contribution in [0.25, 0.3) is 122 Å². The standard InChI is InChI=1S/C50H28N10/c1-7-35(27-51-21-1)47-55-45(33-13-19-41-31(25-33)5-3-23-53-41)57-49(59-47)39-17-11-29-10-16-38-40(18-12-30-9-15-37(39)43(29)44(30)38)50-58-46(56-48(60-50)36-8-2-22-52-28-36)34-14-20-42-32(26-34)6-4-24-54-42/h1-28H. The van der Waals surface area contributed by atoms with E-state index in [9.17, 15) is 0 Å². The molecule has 0 spiro atoms. The highest BCUT2D eigenvalue weighted by atomic mass is 15.0. The average Bonchev–Trinajstić information content (AvgIpc) is 3.33. The monoisotopic (exact) mass is 768 g/mol. The molecule has 0 atom stereocenters. The Morgan fingerprint density at radius 1 is 0.300 bits per heavy atom.